The third-order valence-electron chi connectivity index (χ3n) is 2.71. The quantitative estimate of drug-likeness (QED) is 0.386. The molecule has 0 aliphatic rings. The lowest BCUT2D eigenvalue weighted by atomic mass is 10.4. The second-order valence-electron chi connectivity index (χ2n) is 3.85. The van der Waals surface area contributed by atoms with Gasteiger partial charge >= 0.3 is 0 Å². The Bertz CT molecular complexity index is 618. The number of hydrogen-bond donors (Lipinski definition) is 1. The highest BCUT2D eigenvalue weighted by atomic mass is 16.1. The van der Waals surface area contributed by atoms with Gasteiger partial charge in [-0.25, -0.2) is 4.68 Å². The van der Waals surface area contributed by atoms with Crippen LogP contribution in [0.3, 0.4) is 0 Å². The normalized spacial score (nSPS) is 12.7. The number of aliphatic imine (C=N–C) groups is 1. The molecule has 0 radical (unpaired) electrons. The zero-order valence-electron chi connectivity index (χ0n) is 12.1. The fourth-order valence-electron chi connectivity index (χ4n) is 1.75. The summed E-state index contributed by atoms with van der Waals surface area (Å²) in [6.45, 7) is 8.46. The van der Waals surface area contributed by atoms with Crippen LogP contribution in [0.1, 0.15) is 13.8 Å². The van der Waals surface area contributed by atoms with Crippen molar-refractivity contribution in [2.45, 2.75) is 26.9 Å². The van der Waals surface area contributed by atoms with E-state index in [0.29, 0.717) is 24.7 Å². The van der Waals surface area contributed by atoms with E-state index in [2.05, 4.69) is 21.8 Å². The Kier molecular flexibility index (Phi) is 5.64. The number of hydrogen-bond acceptors (Lipinski definition) is 4. The number of rotatable bonds is 5. The van der Waals surface area contributed by atoms with Gasteiger partial charge in [0.05, 0.1) is 0 Å². The highest BCUT2D eigenvalue weighted by molar-refractivity contribution is 5.93. The molecule has 1 aromatic heterocycles. The zero-order chi connectivity index (χ0) is 15.1. The number of azo groups is 1. The molecule has 0 amide bonds. The van der Waals surface area contributed by atoms with E-state index in [0.717, 1.165) is 0 Å². The van der Waals surface area contributed by atoms with Crippen LogP contribution in [0.25, 0.3) is 0 Å². The first-order valence-electron chi connectivity index (χ1n) is 6.37. The molecule has 0 aromatic carbocycles. The van der Waals surface area contributed by atoms with E-state index < -0.39 is 0 Å². The third kappa shape index (κ3) is 3.11. The van der Waals surface area contributed by atoms with Crippen LogP contribution in [0, 0.1) is 0 Å². The van der Waals surface area contributed by atoms with E-state index in [1.165, 1.54) is 4.68 Å². The molecule has 0 atom stereocenters. The molecule has 0 aliphatic heterocycles. The molecule has 0 saturated heterocycles. The highest BCUT2D eigenvalue weighted by Crippen LogP contribution is 2.18. The van der Waals surface area contributed by atoms with Gasteiger partial charge in [-0.15, -0.1) is 10.2 Å². The summed E-state index contributed by atoms with van der Waals surface area (Å²) in [5.41, 5.74) is 5.82. The average Bonchev–Trinajstić information content (AvgIpc) is 2.69. The number of amidine groups is 1. The van der Waals surface area contributed by atoms with E-state index in [9.17, 15) is 4.79 Å². The molecule has 1 rings (SSSR count). The van der Waals surface area contributed by atoms with Crippen molar-refractivity contribution < 1.29 is 0 Å². The minimum absolute atomic E-state index is 0.141. The molecular formula is C13H20N6O. The topological polar surface area (TPSA) is 90.0 Å². The summed E-state index contributed by atoms with van der Waals surface area (Å²) in [5.74, 6) is 0.697. The van der Waals surface area contributed by atoms with Crippen molar-refractivity contribution in [1.29, 1.82) is 0 Å². The number of aromatic nitrogens is 2. The molecule has 0 fully saturated rings. The van der Waals surface area contributed by atoms with Gasteiger partial charge < -0.3 is 5.73 Å². The minimum Gasteiger partial charge on any atom is -0.382 e. The lowest BCUT2D eigenvalue weighted by Crippen LogP contribution is -2.21. The SMILES string of the molecule is C=C/C=C\C(N=Nc1c(N)n(CC)n(CC)c1=O)=NC. The molecule has 0 unspecified atom stereocenters. The van der Waals surface area contributed by atoms with Crippen LogP contribution in [0.15, 0.2) is 44.8 Å². The Morgan fingerprint density at radius 2 is 2.00 bits per heavy atom. The molecule has 7 nitrogen and oxygen atoms in total. The maximum atomic E-state index is 12.1. The Labute approximate surface area is 117 Å². The van der Waals surface area contributed by atoms with Crippen LogP contribution >= 0.6 is 0 Å². The molecule has 0 saturated carbocycles. The minimum atomic E-state index is -0.251. The van der Waals surface area contributed by atoms with Gasteiger partial charge in [-0.2, -0.15) is 0 Å². The fourth-order valence-corrected chi connectivity index (χ4v) is 1.75. The van der Waals surface area contributed by atoms with Gasteiger partial charge in [0, 0.05) is 20.1 Å². The van der Waals surface area contributed by atoms with Crippen molar-refractivity contribution in [3.8, 4) is 0 Å². The molecule has 0 bridgehead atoms. The largest absolute Gasteiger partial charge is 0.382 e. The molecule has 108 valence electrons. The second-order valence-corrected chi connectivity index (χ2v) is 3.85. The van der Waals surface area contributed by atoms with Gasteiger partial charge in [0.25, 0.3) is 5.56 Å². The number of nitrogens with two attached hydrogens (primary N) is 1. The standard InChI is InChI=1S/C13H20N6O/c1-5-8-9-10(15-4)16-17-11-12(14)18(6-2)19(7-3)13(11)20/h5,8-9H,1,6-7,14H2,2-4H3/b9-8-,15-10?,17-16?. The van der Waals surface area contributed by atoms with Gasteiger partial charge in [0.2, 0.25) is 0 Å². The Morgan fingerprint density at radius 3 is 2.45 bits per heavy atom. The molecule has 0 spiro atoms. The van der Waals surface area contributed by atoms with E-state index >= 15 is 0 Å². The maximum Gasteiger partial charge on any atom is 0.296 e. The molecule has 7 heteroatoms. The fraction of sp³-hybridized carbons (Fsp3) is 0.385. The van der Waals surface area contributed by atoms with E-state index in [1.54, 1.807) is 30.0 Å². The van der Waals surface area contributed by atoms with Crippen LogP contribution in [-0.2, 0) is 13.1 Å². The van der Waals surface area contributed by atoms with Crippen molar-refractivity contribution in [3.63, 3.8) is 0 Å². The van der Waals surface area contributed by atoms with Gasteiger partial charge in [-0.3, -0.25) is 14.5 Å². The third-order valence-corrected chi connectivity index (χ3v) is 2.71. The number of anilines is 1. The summed E-state index contributed by atoms with van der Waals surface area (Å²) in [5, 5.41) is 7.86. The molecule has 2 N–H and O–H groups in total. The van der Waals surface area contributed by atoms with Crippen molar-refractivity contribution in [3.05, 3.63) is 35.2 Å². The average molecular weight is 276 g/mol. The maximum absolute atomic E-state index is 12.1. The van der Waals surface area contributed by atoms with Crippen LogP contribution < -0.4 is 11.3 Å². The van der Waals surface area contributed by atoms with Crippen molar-refractivity contribution in [2.75, 3.05) is 12.8 Å². The van der Waals surface area contributed by atoms with E-state index in [1.807, 2.05) is 13.8 Å². The molecule has 1 aromatic rings. The van der Waals surface area contributed by atoms with Crippen molar-refractivity contribution in [2.24, 2.45) is 15.2 Å². The first-order chi connectivity index (χ1) is 9.60. The summed E-state index contributed by atoms with van der Waals surface area (Å²) in [6.07, 6.45) is 4.93. The molecule has 0 aliphatic carbocycles. The molecular weight excluding hydrogens is 256 g/mol. The number of nitrogen functional groups attached to an aromatic ring is 1. The Hall–Kier alpha value is -2.44. The number of nitrogens with zero attached hydrogens (tertiary/aromatic N) is 5. The lowest BCUT2D eigenvalue weighted by Gasteiger charge is -2.07. The second kappa shape index (κ2) is 7.22. The van der Waals surface area contributed by atoms with Crippen molar-refractivity contribution in [1.82, 2.24) is 9.36 Å². The molecule has 20 heavy (non-hydrogen) atoms. The predicted octanol–water partition coefficient (Wildman–Crippen LogP) is 2.13. The van der Waals surface area contributed by atoms with Gasteiger partial charge in [0.15, 0.2) is 17.3 Å². The summed E-state index contributed by atoms with van der Waals surface area (Å²) >= 11 is 0. The first-order valence-corrected chi connectivity index (χ1v) is 6.37. The van der Waals surface area contributed by atoms with Crippen LogP contribution in [0.5, 0.6) is 0 Å². The summed E-state index contributed by atoms with van der Waals surface area (Å²) in [7, 11) is 1.59. The van der Waals surface area contributed by atoms with Crippen LogP contribution in [0.4, 0.5) is 11.5 Å². The van der Waals surface area contributed by atoms with Crippen LogP contribution in [0.2, 0.25) is 0 Å². The number of allylic oxidation sites excluding steroid dienone is 2. The zero-order valence-corrected chi connectivity index (χ0v) is 12.1. The van der Waals surface area contributed by atoms with Gasteiger partial charge in [-0.05, 0) is 19.9 Å². The summed E-state index contributed by atoms with van der Waals surface area (Å²) < 4.78 is 3.21. The molecule has 1 heterocycles. The van der Waals surface area contributed by atoms with Crippen molar-refractivity contribution >= 4 is 17.3 Å². The predicted molar refractivity (Wildman–Crippen MR) is 81.7 cm³/mol. The summed E-state index contributed by atoms with van der Waals surface area (Å²) in [4.78, 5) is 16.1. The Balaban J connectivity index is 3.22. The Morgan fingerprint density at radius 1 is 1.35 bits per heavy atom. The monoisotopic (exact) mass is 276 g/mol. The summed E-state index contributed by atoms with van der Waals surface area (Å²) in [6, 6.07) is 0. The van der Waals surface area contributed by atoms with Crippen LogP contribution in [-0.4, -0.2) is 22.2 Å². The smallest absolute Gasteiger partial charge is 0.296 e. The lowest BCUT2D eigenvalue weighted by molar-refractivity contribution is 0.483. The highest BCUT2D eigenvalue weighted by Gasteiger charge is 2.15. The van der Waals surface area contributed by atoms with E-state index in [4.69, 9.17) is 5.73 Å². The van der Waals surface area contributed by atoms with E-state index in [-0.39, 0.29) is 11.2 Å². The first kappa shape index (κ1) is 15.6. The van der Waals surface area contributed by atoms with Gasteiger partial charge in [-0.1, -0.05) is 18.7 Å². The van der Waals surface area contributed by atoms with Gasteiger partial charge in [0.1, 0.15) is 0 Å².